The van der Waals surface area contributed by atoms with E-state index >= 15 is 0 Å². The molecule has 0 radical (unpaired) electrons. The number of benzene rings is 1. The van der Waals surface area contributed by atoms with Gasteiger partial charge in [0.2, 0.25) is 11.6 Å². The summed E-state index contributed by atoms with van der Waals surface area (Å²) in [5, 5.41) is 0. The number of esters is 1. The molecular formula is C13H12O4. The van der Waals surface area contributed by atoms with Crippen LogP contribution in [0.3, 0.4) is 0 Å². The Labute approximate surface area is 98.8 Å². The van der Waals surface area contributed by atoms with Crippen LogP contribution in [0.1, 0.15) is 12.5 Å². The highest BCUT2D eigenvalue weighted by atomic mass is 16.9. The highest BCUT2D eigenvalue weighted by molar-refractivity contribution is 5.91. The SMILES string of the molecule is COC(=O)C1=CC2(c3ccccc3)OC1(C)O2. The lowest BCUT2D eigenvalue weighted by Gasteiger charge is -2.46. The molecule has 4 rings (SSSR count). The van der Waals surface area contributed by atoms with Gasteiger partial charge in [-0.05, 0) is 13.0 Å². The van der Waals surface area contributed by atoms with E-state index in [1.807, 2.05) is 30.3 Å². The Morgan fingerprint density at radius 3 is 2.47 bits per heavy atom. The van der Waals surface area contributed by atoms with E-state index in [-0.39, 0.29) is 0 Å². The predicted molar refractivity (Wildman–Crippen MR) is 58.8 cm³/mol. The molecule has 3 heterocycles. The number of hydrogen-bond donors (Lipinski definition) is 0. The molecule has 0 amide bonds. The van der Waals surface area contributed by atoms with Crippen molar-refractivity contribution in [3.05, 3.63) is 47.5 Å². The molecule has 1 aromatic rings. The van der Waals surface area contributed by atoms with Gasteiger partial charge in [-0.2, -0.15) is 0 Å². The van der Waals surface area contributed by atoms with Crippen molar-refractivity contribution in [2.24, 2.45) is 0 Å². The van der Waals surface area contributed by atoms with E-state index in [2.05, 4.69) is 0 Å². The van der Waals surface area contributed by atoms with Crippen molar-refractivity contribution in [3.8, 4) is 0 Å². The van der Waals surface area contributed by atoms with E-state index in [0.717, 1.165) is 5.56 Å². The molecule has 0 atom stereocenters. The molecule has 0 unspecified atom stereocenters. The first kappa shape index (κ1) is 10.5. The van der Waals surface area contributed by atoms with E-state index in [1.165, 1.54) is 7.11 Å². The Bertz CT molecular complexity index is 497. The number of rotatable bonds is 2. The first-order chi connectivity index (χ1) is 8.10. The fourth-order valence-corrected chi connectivity index (χ4v) is 2.30. The van der Waals surface area contributed by atoms with Gasteiger partial charge in [-0.15, -0.1) is 0 Å². The van der Waals surface area contributed by atoms with Gasteiger partial charge in [0.15, 0.2) is 0 Å². The van der Waals surface area contributed by atoms with Crippen molar-refractivity contribution in [2.45, 2.75) is 18.5 Å². The third kappa shape index (κ3) is 1.28. The third-order valence-electron chi connectivity index (χ3n) is 3.10. The molecule has 17 heavy (non-hydrogen) atoms. The van der Waals surface area contributed by atoms with Crippen LogP contribution in [0.15, 0.2) is 42.0 Å². The number of ether oxygens (including phenoxy) is 3. The number of methoxy groups -OCH3 is 1. The molecule has 1 aromatic carbocycles. The van der Waals surface area contributed by atoms with E-state index in [9.17, 15) is 4.79 Å². The van der Waals surface area contributed by atoms with Crippen LogP contribution < -0.4 is 0 Å². The highest BCUT2D eigenvalue weighted by Crippen LogP contribution is 2.56. The maximum Gasteiger partial charge on any atom is 0.339 e. The molecule has 0 saturated carbocycles. The number of hydrogen-bond acceptors (Lipinski definition) is 4. The summed E-state index contributed by atoms with van der Waals surface area (Å²) < 4.78 is 16.2. The monoisotopic (exact) mass is 232 g/mol. The number of carbonyl (C=O) groups excluding carboxylic acids is 1. The number of carbonyl (C=O) groups is 1. The second kappa shape index (κ2) is 3.18. The van der Waals surface area contributed by atoms with Crippen molar-refractivity contribution in [3.63, 3.8) is 0 Å². The van der Waals surface area contributed by atoms with Gasteiger partial charge in [-0.1, -0.05) is 30.3 Å². The van der Waals surface area contributed by atoms with Crippen molar-refractivity contribution >= 4 is 5.97 Å². The second-order valence-corrected chi connectivity index (χ2v) is 4.23. The molecule has 2 bridgehead atoms. The predicted octanol–water partition coefficient (Wildman–Crippen LogP) is 1.72. The van der Waals surface area contributed by atoms with Gasteiger partial charge >= 0.3 is 5.97 Å². The minimum atomic E-state index is -0.969. The van der Waals surface area contributed by atoms with Gasteiger partial charge < -0.3 is 14.2 Å². The summed E-state index contributed by atoms with van der Waals surface area (Å²) in [5.74, 6) is -2.30. The summed E-state index contributed by atoms with van der Waals surface area (Å²) in [4.78, 5) is 11.6. The molecular weight excluding hydrogens is 220 g/mol. The molecule has 1 fully saturated rings. The molecule has 0 aliphatic carbocycles. The Morgan fingerprint density at radius 2 is 1.88 bits per heavy atom. The summed E-state index contributed by atoms with van der Waals surface area (Å²) in [6.07, 6.45) is 1.69. The Balaban J connectivity index is 2.00. The molecule has 4 heteroatoms. The summed E-state index contributed by atoms with van der Waals surface area (Å²) in [6.45, 7) is 1.71. The minimum Gasteiger partial charge on any atom is -0.466 e. The quantitative estimate of drug-likeness (QED) is 0.728. The van der Waals surface area contributed by atoms with Crippen LogP contribution in [0.5, 0.6) is 0 Å². The van der Waals surface area contributed by atoms with Crippen molar-refractivity contribution in [2.75, 3.05) is 7.11 Å². The molecule has 88 valence electrons. The van der Waals surface area contributed by atoms with E-state index in [4.69, 9.17) is 14.2 Å². The minimum absolute atomic E-state index is 0.414. The molecule has 3 aliphatic rings. The third-order valence-corrected chi connectivity index (χ3v) is 3.10. The zero-order valence-corrected chi connectivity index (χ0v) is 9.60. The van der Waals surface area contributed by atoms with Crippen molar-refractivity contribution < 1.29 is 19.0 Å². The Morgan fingerprint density at radius 1 is 1.24 bits per heavy atom. The van der Waals surface area contributed by atoms with Gasteiger partial charge in [0.05, 0.1) is 12.7 Å². The van der Waals surface area contributed by atoms with Crippen LogP contribution in [-0.4, -0.2) is 18.9 Å². The van der Waals surface area contributed by atoms with Crippen LogP contribution in [0.25, 0.3) is 0 Å². The first-order valence-corrected chi connectivity index (χ1v) is 5.37. The van der Waals surface area contributed by atoms with Crippen molar-refractivity contribution in [1.82, 2.24) is 0 Å². The van der Waals surface area contributed by atoms with E-state index in [0.29, 0.717) is 5.57 Å². The second-order valence-electron chi connectivity index (χ2n) is 4.23. The maximum atomic E-state index is 11.6. The zero-order chi connectivity index (χ0) is 12.1. The molecule has 0 spiro atoms. The lowest BCUT2D eigenvalue weighted by molar-refractivity contribution is -0.460. The smallest absolute Gasteiger partial charge is 0.339 e. The highest BCUT2D eigenvalue weighted by Gasteiger charge is 2.65. The van der Waals surface area contributed by atoms with Crippen LogP contribution in [0, 0.1) is 0 Å². The normalized spacial score (nSPS) is 33.9. The molecule has 4 nitrogen and oxygen atoms in total. The summed E-state index contributed by atoms with van der Waals surface area (Å²) >= 11 is 0. The van der Waals surface area contributed by atoms with Crippen LogP contribution in [0.2, 0.25) is 0 Å². The Hall–Kier alpha value is -1.65. The van der Waals surface area contributed by atoms with Crippen LogP contribution >= 0.6 is 0 Å². The average molecular weight is 232 g/mol. The van der Waals surface area contributed by atoms with Gasteiger partial charge in [0, 0.05) is 5.56 Å². The average Bonchev–Trinajstić information content (AvgIpc) is 2.78. The standard InChI is InChI=1S/C13H12O4/c1-12-10(11(14)15-2)8-13(16-12,17-12)9-6-4-3-5-7-9/h3-8H,1-2H3. The zero-order valence-electron chi connectivity index (χ0n) is 9.60. The largest absolute Gasteiger partial charge is 0.466 e. The molecule has 0 N–H and O–H groups in total. The molecule has 1 saturated heterocycles. The topological polar surface area (TPSA) is 44.8 Å². The van der Waals surface area contributed by atoms with Crippen molar-refractivity contribution in [1.29, 1.82) is 0 Å². The van der Waals surface area contributed by atoms with Gasteiger partial charge in [-0.25, -0.2) is 4.79 Å². The lowest BCUT2D eigenvalue weighted by atomic mass is 10.1. The van der Waals surface area contributed by atoms with Gasteiger partial charge in [-0.3, -0.25) is 0 Å². The summed E-state index contributed by atoms with van der Waals surface area (Å²) in [7, 11) is 1.34. The van der Waals surface area contributed by atoms with Crippen LogP contribution in [0.4, 0.5) is 0 Å². The van der Waals surface area contributed by atoms with E-state index in [1.54, 1.807) is 13.0 Å². The van der Waals surface area contributed by atoms with Gasteiger partial charge in [0.25, 0.3) is 0 Å². The molecule has 0 aromatic heterocycles. The maximum absolute atomic E-state index is 11.6. The first-order valence-electron chi connectivity index (χ1n) is 5.37. The van der Waals surface area contributed by atoms with Crippen LogP contribution in [-0.2, 0) is 24.8 Å². The fourth-order valence-electron chi connectivity index (χ4n) is 2.30. The fraction of sp³-hybridized carbons (Fsp3) is 0.308. The Kier molecular flexibility index (Phi) is 1.97. The van der Waals surface area contributed by atoms with Gasteiger partial charge in [0.1, 0.15) is 0 Å². The summed E-state index contributed by atoms with van der Waals surface area (Å²) in [5.41, 5.74) is 1.29. The summed E-state index contributed by atoms with van der Waals surface area (Å²) in [6, 6.07) is 9.51. The lowest BCUT2D eigenvalue weighted by Crippen LogP contribution is -2.53. The van der Waals surface area contributed by atoms with E-state index < -0.39 is 17.5 Å². The molecule has 3 aliphatic heterocycles.